The molecule has 0 aliphatic carbocycles. The van der Waals surface area contributed by atoms with E-state index in [1.54, 1.807) is 36.5 Å². The molecule has 0 spiro atoms. The molecule has 4 aromatic rings. The number of carbonyl (C=O) groups is 1. The van der Waals surface area contributed by atoms with Crippen LogP contribution in [0.2, 0.25) is 0 Å². The minimum absolute atomic E-state index is 0.485. The van der Waals surface area contributed by atoms with Gasteiger partial charge in [0.15, 0.2) is 5.92 Å². The number of para-hydroxylation sites is 1. The Bertz CT molecular complexity index is 1370. The summed E-state index contributed by atoms with van der Waals surface area (Å²) < 4.78 is 2.05. The van der Waals surface area contributed by atoms with Crippen molar-refractivity contribution in [3.8, 4) is 12.1 Å². The van der Waals surface area contributed by atoms with Crippen molar-refractivity contribution in [1.29, 1.82) is 10.5 Å². The van der Waals surface area contributed by atoms with Gasteiger partial charge in [0.25, 0.3) is 5.91 Å². The van der Waals surface area contributed by atoms with Crippen LogP contribution in [-0.2, 0) is 11.3 Å². The largest absolute Gasteiger partial charge is 0.342 e. The first-order valence-electron chi connectivity index (χ1n) is 10.0. The average molecular weight is 417 g/mol. The number of amides is 1. The standard InChI is InChI=1S/C26H19N5O/c27-14-20-10-4-5-11-21(20)17-31-18-22(23-12-6-7-13-25(23)31)16-29-30-26(32)24(15-28)19-8-2-1-3-9-19/h1-13,16,18,24H,17H2,(H,30,32)/b29-16-/t24-/m1/s1. The molecule has 0 saturated heterocycles. The van der Waals surface area contributed by atoms with Crippen molar-refractivity contribution < 1.29 is 4.79 Å². The van der Waals surface area contributed by atoms with Gasteiger partial charge >= 0.3 is 0 Å². The van der Waals surface area contributed by atoms with Crippen LogP contribution in [0.15, 0.2) is 90.2 Å². The summed E-state index contributed by atoms with van der Waals surface area (Å²) in [4.78, 5) is 12.5. The molecule has 1 atom stereocenters. The van der Waals surface area contributed by atoms with E-state index in [-0.39, 0.29) is 0 Å². The molecule has 3 aromatic carbocycles. The molecule has 0 unspecified atom stereocenters. The van der Waals surface area contributed by atoms with E-state index in [0.29, 0.717) is 17.7 Å². The summed E-state index contributed by atoms with van der Waals surface area (Å²) in [6.45, 7) is 0.537. The summed E-state index contributed by atoms with van der Waals surface area (Å²) in [5.74, 6) is -1.42. The first kappa shape index (κ1) is 20.6. The maximum atomic E-state index is 12.5. The van der Waals surface area contributed by atoms with Gasteiger partial charge in [-0.25, -0.2) is 5.43 Å². The topological polar surface area (TPSA) is 94.0 Å². The van der Waals surface area contributed by atoms with Crippen LogP contribution in [0, 0.1) is 22.7 Å². The SMILES string of the molecule is N#Cc1ccccc1Cn1cc(/C=N\NC(=O)[C@H](C#N)c2ccccc2)c2ccccc21. The van der Waals surface area contributed by atoms with E-state index in [2.05, 4.69) is 21.2 Å². The minimum atomic E-state index is -0.933. The molecule has 1 amide bonds. The van der Waals surface area contributed by atoms with Crippen LogP contribution in [0.3, 0.4) is 0 Å². The first-order valence-corrected chi connectivity index (χ1v) is 10.0. The zero-order valence-electron chi connectivity index (χ0n) is 17.1. The van der Waals surface area contributed by atoms with E-state index in [9.17, 15) is 15.3 Å². The van der Waals surface area contributed by atoms with Crippen LogP contribution in [0.1, 0.15) is 28.2 Å². The second-order valence-electron chi connectivity index (χ2n) is 7.21. The fraction of sp³-hybridized carbons (Fsp3) is 0.0769. The van der Waals surface area contributed by atoms with Gasteiger partial charge in [0.1, 0.15) is 0 Å². The monoisotopic (exact) mass is 417 g/mol. The second kappa shape index (κ2) is 9.42. The highest BCUT2D eigenvalue weighted by molar-refractivity contribution is 6.00. The van der Waals surface area contributed by atoms with Gasteiger partial charge in [-0.15, -0.1) is 0 Å². The van der Waals surface area contributed by atoms with Crippen LogP contribution in [0.4, 0.5) is 0 Å². The number of carbonyl (C=O) groups excluding carboxylic acids is 1. The summed E-state index contributed by atoms with van der Waals surface area (Å²) in [5, 5.41) is 23.9. The van der Waals surface area contributed by atoms with E-state index in [1.165, 1.54) is 0 Å². The fourth-order valence-electron chi connectivity index (χ4n) is 3.62. The van der Waals surface area contributed by atoms with Crippen molar-refractivity contribution >= 4 is 23.0 Å². The number of aromatic nitrogens is 1. The molecule has 0 saturated carbocycles. The molecule has 0 aliphatic heterocycles. The van der Waals surface area contributed by atoms with Gasteiger partial charge in [-0.2, -0.15) is 15.6 Å². The number of rotatable bonds is 6. The molecule has 0 aliphatic rings. The number of nitrogens with zero attached hydrogens (tertiary/aromatic N) is 4. The number of nitriles is 2. The van der Waals surface area contributed by atoms with Gasteiger partial charge in [-0.05, 0) is 23.3 Å². The predicted molar refractivity (Wildman–Crippen MR) is 123 cm³/mol. The predicted octanol–water partition coefficient (Wildman–Crippen LogP) is 4.32. The molecule has 32 heavy (non-hydrogen) atoms. The van der Waals surface area contributed by atoms with Gasteiger partial charge in [-0.3, -0.25) is 4.79 Å². The Morgan fingerprint density at radius 2 is 1.72 bits per heavy atom. The van der Waals surface area contributed by atoms with Crippen LogP contribution >= 0.6 is 0 Å². The summed E-state index contributed by atoms with van der Waals surface area (Å²) in [7, 11) is 0. The smallest absolute Gasteiger partial charge is 0.261 e. The van der Waals surface area contributed by atoms with Crippen LogP contribution in [0.5, 0.6) is 0 Å². The Kier molecular flexibility index (Phi) is 6.06. The van der Waals surface area contributed by atoms with Crippen molar-refractivity contribution in [2.75, 3.05) is 0 Å². The zero-order valence-corrected chi connectivity index (χ0v) is 17.1. The van der Waals surface area contributed by atoms with Crippen LogP contribution in [0.25, 0.3) is 10.9 Å². The lowest BCUT2D eigenvalue weighted by molar-refractivity contribution is -0.121. The summed E-state index contributed by atoms with van der Waals surface area (Å²) >= 11 is 0. The summed E-state index contributed by atoms with van der Waals surface area (Å²) in [5.41, 5.74) is 6.47. The molecule has 1 N–H and O–H groups in total. The molecule has 1 heterocycles. The zero-order chi connectivity index (χ0) is 22.3. The number of hydrogen-bond donors (Lipinski definition) is 1. The molecular formula is C26H19N5O. The Morgan fingerprint density at radius 3 is 2.50 bits per heavy atom. The number of nitrogens with one attached hydrogen (secondary N) is 1. The van der Waals surface area contributed by atoms with Gasteiger partial charge in [0, 0.05) is 29.2 Å². The number of hydrazone groups is 1. The van der Waals surface area contributed by atoms with Gasteiger partial charge in [-0.1, -0.05) is 66.7 Å². The van der Waals surface area contributed by atoms with Crippen LogP contribution in [-0.4, -0.2) is 16.7 Å². The molecule has 0 bridgehead atoms. The lowest BCUT2D eigenvalue weighted by Gasteiger charge is -2.07. The molecule has 1 aromatic heterocycles. The molecule has 6 nitrogen and oxygen atoms in total. The minimum Gasteiger partial charge on any atom is -0.342 e. The van der Waals surface area contributed by atoms with Crippen molar-refractivity contribution in [1.82, 2.24) is 9.99 Å². The fourth-order valence-corrected chi connectivity index (χ4v) is 3.62. The van der Waals surface area contributed by atoms with Crippen molar-refractivity contribution in [3.63, 3.8) is 0 Å². The molecule has 0 fully saturated rings. The van der Waals surface area contributed by atoms with E-state index in [0.717, 1.165) is 22.0 Å². The average Bonchev–Trinajstić information content (AvgIpc) is 3.18. The maximum absolute atomic E-state index is 12.5. The quantitative estimate of drug-likeness (QED) is 0.374. The van der Waals surface area contributed by atoms with E-state index in [1.807, 2.05) is 60.8 Å². The number of hydrogen-bond acceptors (Lipinski definition) is 4. The molecular weight excluding hydrogens is 398 g/mol. The highest BCUT2D eigenvalue weighted by Gasteiger charge is 2.19. The first-order chi connectivity index (χ1) is 15.7. The van der Waals surface area contributed by atoms with E-state index < -0.39 is 11.8 Å². The van der Waals surface area contributed by atoms with Gasteiger partial charge in [0.2, 0.25) is 0 Å². The summed E-state index contributed by atoms with van der Waals surface area (Å²) in [6, 6.07) is 28.5. The number of benzene rings is 3. The highest BCUT2D eigenvalue weighted by Crippen LogP contribution is 2.22. The molecule has 6 heteroatoms. The maximum Gasteiger partial charge on any atom is 0.261 e. The second-order valence-corrected chi connectivity index (χ2v) is 7.21. The Morgan fingerprint density at radius 1 is 1.00 bits per heavy atom. The summed E-state index contributed by atoms with van der Waals surface area (Å²) in [6.07, 6.45) is 3.51. The Balaban J connectivity index is 1.57. The van der Waals surface area contributed by atoms with Crippen molar-refractivity contribution in [2.45, 2.75) is 12.5 Å². The lowest BCUT2D eigenvalue weighted by atomic mass is 10.0. The lowest BCUT2D eigenvalue weighted by Crippen LogP contribution is -2.24. The Labute approximate surface area is 185 Å². The molecule has 154 valence electrons. The van der Waals surface area contributed by atoms with Gasteiger partial charge < -0.3 is 4.57 Å². The van der Waals surface area contributed by atoms with E-state index >= 15 is 0 Å². The Hall–Kier alpha value is -4.68. The van der Waals surface area contributed by atoms with Gasteiger partial charge in [0.05, 0.1) is 23.9 Å². The third kappa shape index (κ3) is 4.26. The van der Waals surface area contributed by atoms with E-state index in [4.69, 9.17) is 0 Å². The molecule has 0 radical (unpaired) electrons. The normalized spacial score (nSPS) is 11.7. The van der Waals surface area contributed by atoms with Crippen molar-refractivity contribution in [3.05, 3.63) is 107 Å². The third-order valence-corrected chi connectivity index (χ3v) is 5.20. The molecule has 4 rings (SSSR count). The highest BCUT2D eigenvalue weighted by atomic mass is 16.2. The van der Waals surface area contributed by atoms with Crippen LogP contribution < -0.4 is 5.43 Å². The number of fused-ring (bicyclic) bond motifs is 1. The van der Waals surface area contributed by atoms with Crippen molar-refractivity contribution in [2.24, 2.45) is 5.10 Å². The third-order valence-electron chi connectivity index (χ3n) is 5.20.